The van der Waals surface area contributed by atoms with E-state index in [2.05, 4.69) is 4.98 Å². The summed E-state index contributed by atoms with van der Waals surface area (Å²) >= 11 is 0. The van der Waals surface area contributed by atoms with Crippen LogP contribution in [0.25, 0.3) is 33.3 Å². The van der Waals surface area contributed by atoms with Crippen LogP contribution >= 0.6 is 0 Å². The summed E-state index contributed by atoms with van der Waals surface area (Å²) in [6.45, 7) is 1.96. The van der Waals surface area contributed by atoms with E-state index in [-0.39, 0.29) is 11.6 Å². The highest BCUT2D eigenvalue weighted by molar-refractivity contribution is 5.83. The Morgan fingerprint density at radius 1 is 0.760 bits per heavy atom. The first-order valence-corrected chi connectivity index (χ1v) is 8.04. The van der Waals surface area contributed by atoms with E-state index in [1.54, 1.807) is 18.2 Å². The van der Waals surface area contributed by atoms with Gasteiger partial charge in [0.05, 0.1) is 11.2 Å². The third-order valence-electron chi connectivity index (χ3n) is 4.31. The van der Waals surface area contributed by atoms with Gasteiger partial charge in [-0.2, -0.15) is 0 Å². The highest BCUT2D eigenvalue weighted by atomic mass is 19.1. The number of benzene rings is 3. The third kappa shape index (κ3) is 2.89. The minimum absolute atomic E-state index is 0.239. The van der Waals surface area contributed by atoms with Crippen LogP contribution in [-0.4, -0.2) is 4.98 Å². The summed E-state index contributed by atoms with van der Waals surface area (Å²) < 4.78 is 27.3. The normalized spacial score (nSPS) is 11.0. The van der Waals surface area contributed by atoms with Gasteiger partial charge in [-0.15, -0.1) is 0 Å². The quantitative estimate of drug-likeness (QED) is 0.429. The van der Waals surface area contributed by atoms with Gasteiger partial charge in [-0.1, -0.05) is 42.5 Å². The van der Waals surface area contributed by atoms with E-state index in [0.29, 0.717) is 5.56 Å². The average Bonchev–Trinajstić information content (AvgIpc) is 2.62. The third-order valence-corrected chi connectivity index (χ3v) is 4.31. The zero-order chi connectivity index (χ0) is 17.4. The van der Waals surface area contributed by atoms with Crippen molar-refractivity contribution < 1.29 is 8.78 Å². The second kappa shape index (κ2) is 6.10. The Bertz CT molecular complexity index is 1070. The Labute approximate surface area is 144 Å². The molecule has 3 heteroatoms. The highest BCUT2D eigenvalue weighted by Crippen LogP contribution is 2.29. The zero-order valence-electron chi connectivity index (χ0n) is 13.6. The topological polar surface area (TPSA) is 12.9 Å². The van der Waals surface area contributed by atoms with E-state index in [1.165, 1.54) is 18.2 Å². The number of aryl methyl sites for hydroxylation is 1. The van der Waals surface area contributed by atoms with Crippen molar-refractivity contribution >= 4 is 10.9 Å². The molecule has 0 amide bonds. The maximum Gasteiger partial charge on any atom is 0.131 e. The number of hydrogen-bond donors (Lipinski definition) is 0. The molecular formula is C22H15F2N. The maximum atomic E-state index is 13.9. The van der Waals surface area contributed by atoms with Crippen LogP contribution in [0.2, 0.25) is 0 Å². The molecule has 0 unspecified atom stereocenters. The van der Waals surface area contributed by atoms with Crippen molar-refractivity contribution in [2.24, 2.45) is 0 Å². The second-order valence-corrected chi connectivity index (χ2v) is 6.05. The molecular weight excluding hydrogens is 316 g/mol. The Morgan fingerprint density at radius 3 is 2.24 bits per heavy atom. The van der Waals surface area contributed by atoms with E-state index in [4.69, 9.17) is 0 Å². The zero-order valence-corrected chi connectivity index (χ0v) is 13.6. The predicted octanol–water partition coefficient (Wildman–Crippen LogP) is 6.16. The van der Waals surface area contributed by atoms with Crippen molar-refractivity contribution in [3.05, 3.63) is 90.0 Å². The fourth-order valence-electron chi connectivity index (χ4n) is 3.05. The van der Waals surface area contributed by atoms with Crippen molar-refractivity contribution in [3.8, 4) is 22.4 Å². The predicted molar refractivity (Wildman–Crippen MR) is 97.3 cm³/mol. The average molecular weight is 331 g/mol. The van der Waals surface area contributed by atoms with Gasteiger partial charge in [-0.3, -0.25) is 0 Å². The molecule has 122 valence electrons. The van der Waals surface area contributed by atoms with Gasteiger partial charge in [0, 0.05) is 16.5 Å². The SMILES string of the molecule is Cc1cc2cc(F)ccc2nc1-c1ccc(-c2ccccc2F)cc1. The van der Waals surface area contributed by atoms with Crippen LogP contribution in [0.15, 0.2) is 72.8 Å². The van der Waals surface area contributed by atoms with Crippen molar-refractivity contribution in [3.63, 3.8) is 0 Å². The minimum Gasteiger partial charge on any atom is -0.248 e. The fourth-order valence-corrected chi connectivity index (χ4v) is 3.05. The molecule has 4 aromatic rings. The van der Waals surface area contributed by atoms with Gasteiger partial charge < -0.3 is 0 Å². The molecule has 0 aliphatic carbocycles. The molecule has 0 spiro atoms. The number of nitrogens with zero attached hydrogens (tertiary/aromatic N) is 1. The molecule has 0 bridgehead atoms. The standard InChI is InChI=1S/C22H15F2N/c1-14-12-17-13-18(23)10-11-21(17)25-22(14)16-8-6-15(7-9-16)19-4-2-3-5-20(19)24/h2-13H,1H3. The number of rotatable bonds is 2. The highest BCUT2D eigenvalue weighted by Gasteiger charge is 2.09. The second-order valence-electron chi connectivity index (χ2n) is 6.05. The van der Waals surface area contributed by atoms with E-state index < -0.39 is 0 Å². The summed E-state index contributed by atoms with van der Waals surface area (Å²) in [6, 6.07) is 20.9. The number of pyridine rings is 1. The Hall–Kier alpha value is -3.07. The molecule has 1 nitrogen and oxygen atoms in total. The van der Waals surface area contributed by atoms with Crippen LogP contribution in [0.5, 0.6) is 0 Å². The molecule has 0 aliphatic heterocycles. The lowest BCUT2D eigenvalue weighted by Gasteiger charge is -2.09. The molecule has 4 rings (SSSR count). The van der Waals surface area contributed by atoms with Crippen LogP contribution in [0.3, 0.4) is 0 Å². The molecule has 3 aromatic carbocycles. The van der Waals surface area contributed by atoms with Crippen molar-refractivity contribution in [1.29, 1.82) is 0 Å². The van der Waals surface area contributed by atoms with Gasteiger partial charge in [0.1, 0.15) is 11.6 Å². The maximum absolute atomic E-state index is 13.9. The Kier molecular flexibility index (Phi) is 3.77. The van der Waals surface area contributed by atoms with Crippen molar-refractivity contribution in [2.75, 3.05) is 0 Å². The van der Waals surface area contributed by atoms with Crippen molar-refractivity contribution in [1.82, 2.24) is 4.98 Å². The summed E-state index contributed by atoms with van der Waals surface area (Å²) in [6.07, 6.45) is 0. The molecule has 0 saturated carbocycles. The molecule has 0 fully saturated rings. The summed E-state index contributed by atoms with van der Waals surface area (Å²) in [4.78, 5) is 4.67. The van der Waals surface area contributed by atoms with Crippen LogP contribution < -0.4 is 0 Å². The lowest BCUT2D eigenvalue weighted by atomic mass is 10.00. The largest absolute Gasteiger partial charge is 0.248 e. The summed E-state index contributed by atoms with van der Waals surface area (Å²) in [5.41, 5.74) is 4.91. The van der Waals surface area contributed by atoms with Crippen LogP contribution in [0.1, 0.15) is 5.56 Å². The fraction of sp³-hybridized carbons (Fsp3) is 0.0455. The number of aromatic nitrogens is 1. The number of hydrogen-bond acceptors (Lipinski definition) is 1. The van der Waals surface area contributed by atoms with E-state index >= 15 is 0 Å². The van der Waals surface area contributed by atoms with Gasteiger partial charge in [-0.25, -0.2) is 13.8 Å². The first-order chi connectivity index (χ1) is 12.1. The first kappa shape index (κ1) is 15.5. The molecule has 0 radical (unpaired) electrons. The molecule has 0 atom stereocenters. The first-order valence-electron chi connectivity index (χ1n) is 8.04. The number of fused-ring (bicyclic) bond motifs is 1. The van der Waals surface area contributed by atoms with Crippen LogP contribution in [-0.2, 0) is 0 Å². The van der Waals surface area contributed by atoms with Gasteiger partial charge >= 0.3 is 0 Å². The summed E-state index contributed by atoms with van der Waals surface area (Å²) in [5, 5.41) is 0.782. The van der Waals surface area contributed by atoms with E-state index in [9.17, 15) is 8.78 Å². The van der Waals surface area contributed by atoms with Gasteiger partial charge in [0.15, 0.2) is 0 Å². The van der Waals surface area contributed by atoms with Gasteiger partial charge in [0.25, 0.3) is 0 Å². The molecule has 25 heavy (non-hydrogen) atoms. The van der Waals surface area contributed by atoms with E-state index in [0.717, 1.165) is 33.3 Å². The molecule has 1 aromatic heterocycles. The summed E-state index contributed by atoms with van der Waals surface area (Å²) in [5.74, 6) is -0.507. The Morgan fingerprint density at radius 2 is 1.48 bits per heavy atom. The van der Waals surface area contributed by atoms with Crippen LogP contribution in [0.4, 0.5) is 8.78 Å². The van der Waals surface area contributed by atoms with Gasteiger partial charge in [0.2, 0.25) is 0 Å². The Balaban J connectivity index is 1.78. The van der Waals surface area contributed by atoms with Gasteiger partial charge in [-0.05, 0) is 48.4 Å². The minimum atomic E-state index is -0.268. The molecule has 0 saturated heterocycles. The van der Waals surface area contributed by atoms with Crippen LogP contribution in [0, 0.1) is 18.6 Å². The lowest BCUT2D eigenvalue weighted by Crippen LogP contribution is -1.91. The smallest absolute Gasteiger partial charge is 0.131 e. The molecule has 0 aliphatic rings. The van der Waals surface area contributed by atoms with E-state index in [1.807, 2.05) is 43.3 Å². The monoisotopic (exact) mass is 331 g/mol. The summed E-state index contributed by atoms with van der Waals surface area (Å²) in [7, 11) is 0. The number of halogens is 2. The lowest BCUT2D eigenvalue weighted by molar-refractivity contribution is 0.629. The van der Waals surface area contributed by atoms with Crippen molar-refractivity contribution in [2.45, 2.75) is 6.92 Å². The molecule has 0 N–H and O–H groups in total. The molecule has 1 heterocycles.